The second kappa shape index (κ2) is 8.21. The highest BCUT2D eigenvalue weighted by atomic mass is 32.2. The molecule has 1 aromatic heterocycles. The van der Waals surface area contributed by atoms with E-state index < -0.39 is 15.8 Å². The number of carbonyl (C=O) groups is 1. The van der Waals surface area contributed by atoms with E-state index in [1.165, 1.54) is 19.1 Å². The molecule has 0 saturated carbocycles. The molecule has 5 nitrogen and oxygen atoms in total. The fourth-order valence-electron chi connectivity index (χ4n) is 3.15. The number of ketones is 1. The summed E-state index contributed by atoms with van der Waals surface area (Å²) in [6.07, 6.45) is 0. The van der Waals surface area contributed by atoms with Crippen LogP contribution in [0.4, 0.5) is 10.1 Å². The Morgan fingerprint density at radius 1 is 1.14 bits per heavy atom. The van der Waals surface area contributed by atoms with Crippen molar-refractivity contribution in [3.05, 3.63) is 88.5 Å². The normalized spacial score (nSPS) is 12.6. The van der Waals surface area contributed by atoms with E-state index in [1.54, 1.807) is 30.3 Å². The molecule has 0 amide bonds. The first-order valence-electron chi connectivity index (χ1n) is 9.31. The van der Waals surface area contributed by atoms with Crippen LogP contribution in [-0.2, 0) is 10.0 Å². The zero-order valence-electron chi connectivity index (χ0n) is 16.5. The highest BCUT2D eigenvalue weighted by molar-refractivity contribution is 7.92. The van der Waals surface area contributed by atoms with Crippen LogP contribution in [0.2, 0.25) is 0 Å². The first-order valence-corrected chi connectivity index (χ1v) is 11.0. The van der Waals surface area contributed by atoms with Gasteiger partial charge in [0.05, 0.1) is 17.1 Å². The van der Waals surface area contributed by atoms with Crippen LogP contribution in [-0.4, -0.2) is 24.9 Å². The number of halogens is 1. The summed E-state index contributed by atoms with van der Waals surface area (Å²) in [7, 11) is -3.47. The van der Waals surface area contributed by atoms with Crippen LogP contribution in [0.5, 0.6) is 0 Å². The van der Waals surface area contributed by atoms with Crippen molar-refractivity contribution >= 4 is 21.5 Å². The summed E-state index contributed by atoms with van der Waals surface area (Å²) in [5.41, 5.74) is 3.14. The molecular weight excluding hydrogens is 391 g/mol. The van der Waals surface area contributed by atoms with E-state index in [9.17, 15) is 17.6 Å². The van der Waals surface area contributed by atoms with Gasteiger partial charge in [0.1, 0.15) is 5.82 Å². The van der Waals surface area contributed by atoms with Crippen LogP contribution in [0, 0.1) is 12.7 Å². The van der Waals surface area contributed by atoms with Gasteiger partial charge in [-0.25, -0.2) is 12.8 Å². The van der Waals surface area contributed by atoms with Gasteiger partial charge in [-0.05, 0) is 43.2 Å². The van der Waals surface area contributed by atoms with Crippen LogP contribution in [0.25, 0.3) is 0 Å². The molecule has 7 heteroatoms. The SMILES string of the molecule is CCS(=O)(=O)Nc1ccc(C(C)c2cc(C)c(C(=O)c3ccccc3)[nH]2)c(F)c1. The standard InChI is InChI=1S/C22H23FN2O3S/c1-4-29(27,28)25-17-10-11-18(19(23)13-17)15(3)20-12-14(2)21(24-20)22(26)16-8-6-5-7-9-16/h5-13,15,24-25H,4H2,1-3H3. The molecule has 2 aromatic carbocycles. The Morgan fingerprint density at radius 3 is 2.45 bits per heavy atom. The molecule has 152 valence electrons. The van der Waals surface area contributed by atoms with Gasteiger partial charge >= 0.3 is 0 Å². The number of nitrogens with one attached hydrogen (secondary N) is 2. The largest absolute Gasteiger partial charge is 0.355 e. The molecule has 0 aliphatic rings. The van der Waals surface area contributed by atoms with Crippen LogP contribution >= 0.6 is 0 Å². The van der Waals surface area contributed by atoms with Gasteiger partial charge in [-0.1, -0.05) is 43.3 Å². The average Bonchev–Trinajstić information content (AvgIpc) is 3.09. The number of aromatic amines is 1. The van der Waals surface area contributed by atoms with E-state index >= 15 is 0 Å². The highest BCUT2D eigenvalue weighted by Gasteiger charge is 2.20. The Kier molecular flexibility index (Phi) is 5.88. The van der Waals surface area contributed by atoms with Crippen LogP contribution in [0.3, 0.4) is 0 Å². The third-order valence-electron chi connectivity index (χ3n) is 4.89. The number of anilines is 1. The van der Waals surface area contributed by atoms with Crippen molar-refractivity contribution in [2.45, 2.75) is 26.7 Å². The fraction of sp³-hybridized carbons (Fsp3) is 0.227. The van der Waals surface area contributed by atoms with Gasteiger partial charge in [0, 0.05) is 17.2 Å². The van der Waals surface area contributed by atoms with Crippen molar-refractivity contribution in [3.8, 4) is 0 Å². The zero-order valence-corrected chi connectivity index (χ0v) is 17.3. The van der Waals surface area contributed by atoms with Crippen molar-refractivity contribution in [3.63, 3.8) is 0 Å². The van der Waals surface area contributed by atoms with Gasteiger partial charge in [0.25, 0.3) is 0 Å². The number of aromatic nitrogens is 1. The first-order chi connectivity index (χ1) is 13.7. The lowest BCUT2D eigenvalue weighted by Crippen LogP contribution is -2.15. The Morgan fingerprint density at radius 2 is 1.83 bits per heavy atom. The second-order valence-electron chi connectivity index (χ2n) is 6.94. The molecule has 0 saturated heterocycles. The summed E-state index contributed by atoms with van der Waals surface area (Å²) in [5, 5.41) is 0. The highest BCUT2D eigenvalue weighted by Crippen LogP contribution is 2.29. The molecule has 0 radical (unpaired) electrons. The number of aryl methyl sites for hydroxylation is 1. The lowest BCUT2D eigenvalue weighted by atomic mass is 9.97. The van der Waals surface area contributed by atoms with E-state index in [4.69, 9.17) is 0 Å². The molecule has 0 spiro atoms. The first kappa shape index (κ1) is 20.8. The summed E-state index contributed by atoms with van der Waals surface area (Å²) in [5.74, 6) is -1.07. The van der Waals surface area contributed by atoms with Crippen molar-refractivity contribution in [1.82, 2.24) is 4.98 Å². The molecule has 1 heterocycles. The molecule has 0 fully saturated rings. The predicted octanol–water partition coefficient (Wildman–Crippen LogP) is 4.61. The third kappa shape index (κ3) is 4.56. The Bertz CT molecular complexity index is 1140. The maximum absolute atomic E-state index is 14.7. The molecular formula is C22H23FN2O3S. The summed E-state index contributed by atoms with van der Waals surface area (Å²) < 4.78 is 40.4. The van der Waals surface area contributed by atoms with Crippen molar-refractivity contribution < 1.29 is 17.6 Å². The molecule has 1 atom stereocenters. The Labute approximate surface area is 170 Å². The number of benzene rings is 2. The van der Waals surface area contributed by atoms with E-state index in [0.717, 1.165) is 5.56 Å². The summed E-state index contributed by atoms with van der Waals surface area (Å²) in [4.78, 5) is 15.9. The molecule has 1 unspecified atom stereocenters. The predicted molar refractivity (Wildman–Crippen MR) is 112 cm³/mol. The smallest absolute Gasteiger partial charge is 0.232 e. The number of rotatable bonds is 7. The molecule has 2 N–H and O–H groups in total. The number of hydrogen-bond acceptors (Lipinski definition) is 3. The van der Waals surface area contributed by atoms with Crippen LogP contribution in [0.1, 0.15) is 52.6 Å². The second-order valence-corrected chi connectivity index (χ2v) is 8.95. The number of H-pyrrole nitrogens is 1. The van der Waals surface area contributed by atoms with Gasteiger partial charge in [-0.2, -0.15) is 0 Å². The van der Waals surface area contributed by atoms with Gasteiger partial charge in [-0.15, -0.1) is 0 Å². The Balaban J connectivity index is 1.88. The number of hydrogen-bond donors (Lipinski definition) is 2. The summed E-state index contributed by atoms with van der Waals surface area (Å²) >= 11 is 0. The number of sulfonamides is 1. The lowest BCUT2D eigenvalue weighted by molar-refractivity contribution is 0.103. The molecule has 3 aromatic rings. The van der Waals surface area contributed by atoms with Crippen LogP contribution < -0.4 is 4.72 Å². The van der Waals surface area contributed by atoms with E-state index in [2.05, 4.69) is 9.71 Å². The molecule has 29 heavy (non-hydrogen) atoms. The average molecular weight is 415 g/mol. The zero-order chi connectivity index (χ0) is 21.2. The topological polar surface area (TPSA) is 79.0 Å². The van der Waals surface area contributed by atoms with Gasteiger partial charge < -0.3 is 4.98 Å². The molecule has 0 aliphatic heterocycles. The van der Waals surface area contributed by atoms with E-state index in [-0.39, 0.29) is 23.1 Å². The van der Waals surface area contributed by atoms with Crippen molar-refractivity contribution in [2.24, 2.45) is 0 Å². The summed E-state index contributed by atoms with van der Waals surface area (Å²) in [6.45, 7) is 5.18. The van der Waals surface area contributed by atoms with E-state index in [0.29, 0.717) is 22.5 Å². The lowest BCUT2D eigenvalue weighted by Gasteiger charge is -2.13. The molecule has 0 bridgehead atoms. The van der Waals surface area contributed by atoms with Gasteiger partial charge in [0.15, 0.2) is 0 Å². The van der Waals surface area contributed by atoms with Gasteiger partial charge in [-0.3, -0.25) is 9.52 Å². The van der Waals surface area contributed by atoms with Crippen molar-refractivity contribution in [1.29, 1.82) is 0 Å². The van der Waals surface area contributed by atoms with Gasteiger partial charge in [0.2, 0.25) is 15.8 Å². The number of carbonyl (C=O) groups excluding carboxylic acids is 1. The monoisotopic (exact) mass is 414 g/mol. The maximum Gasteiger partial charge on any atom is 0.232 e. The molecule has 3 rings (SSSR count). The summed E-state index contributed by atoms with van der Waals surface area (Å²) in [6, 6.07) is 15.1. The maximum atomic E-state index is 14.7. The van der Waals surface area contributed by atoms with Crippen molar-refractivity contribution in [2.75, 3.05) is 10.5 Å². The fourth-order valence-corrected chi connectivity index (χ4v) is 3.78. The minimum absolute atomic E-state index is 0.0905. The minimum atomic E-state index is -3.47. The minimum Gasteiger partial charge on any atom is -0.355 e. The van der Waals surface area contributed by atoms with Crippen LogP contribution in [0.15, 0.2) is 54.6 Å². The quantitative estimate of drug-likeness (QED) is 0.554. The third-order valence-corrected chi connectivity index (χ3v) is 6.19. The molecule has 0 aliphatic carbocycles. The van der Waals surface area contributed by atoms with E-state index in [1.807, 2.05) is 26.0 Å². The Hall–Kier alpha value is -2.93.